The lowest BCUT2D eigenvalue weighted by atomic mass is 10.0. The maximum Gasteiger partial charge on any atom is 0.238 e. The molecule has 210 valence electrons. The van der Waals surface area contributed by atoms with Gasteiger partial charge in [0, 0.05) is 38.1 Å². The summed E-state index contributed by atoms with van der Waals surface area (Å²) in [5.41, 5.74) is 6.87. The molecule has 4 aromatic heterocycles. The highest BCUT2D eigenvalue weighted by molar-refractivity contribution is 6.38. The van der Waals surface area contributed by atoms with Gasteiger partial charge in [0.1, 0.15) is 22.3 Å². The Morgan fingerprint density at radius 2 is 0.933 bits per heavy atom. The maximum atomic E-state index is 6.74. The molecule has 0 saturated heterocycles. The van der Waals surface area contributed by atoms with Crippen molar-refractivity contribution in [2.24, 2.45) is 0 Å². The van der Waals surface area contributed by atoms with Gasteiger partial charge in [0.15, 0.2) is 17.2 Å². The summed E-state index contributed by atoms with van der Waals surface area (Å²) < 4.78 is 15.5. The van der Waals surface area contributed by atoms with Gasteiger partial charge < -0.3 is 8.83 Å². The van der Waals surface area contributed by atoms with E-state index in [2.05, 4.69) is 47.0 Å². The molecule has 6 heteroatoms. The molecule has 0 spiro atoms. The minimum Gasteiger partial charge on any atom is -0.455 e. The van der Waals surface area contributed by atoms with E-state index in [-0.39, 0.29) is 0 Å². The monoisotopic (exact) mass is 578 g/mol. The van der Waals surface area contributed by atoms with Crippen molar-refractivity contribution < 1.29 is 8.83 Å². The van der Waals surface area contributed by atoms with Crippen molar-refractivity contribution >= 4 is 65.7 Å². The first kappa shape index (κ1) is 24.2. The molecule has 0 atom stereocenters. The minimum atomic E-state index is 0.516. The van der Waals surface area contributed by atoms with Crippen LogP contribution in [0.1, 0.15) is 0 Å². The number of fused-ring (bicyclic) bond motifs is 12. The van der Waals surface area contributed by atoms with Crippen molar-refractivity contribution in [3.8, 4) is 28.7 Å². The Morgan fingerprint density at radius 1 is 0.422 bits per heavy atom. The lowest BCUT2D eigenvalue weighted by Crippen LogP contribution is -2.06. The molecule has 10 rings (SSSR count). The summed E-state index contributed by atoms with van der Waals surface area (Å²) in [5.74, 6) is 1.71. The molecule has 0 unspecified atom stereocenters. The van der Waals surface area contributed by atoms with E-state index < -0.39 is 0 Å². The summed E-state index contributed by atoms with van der Waals surface area (Å²) in [6.45, 7) is 0. The highest BCUT2D eigenvalue weighted by Crippen LogP contribution is 2.48. The summed E-state index contributed by atoms with van der Waals surface area (Å²) in [6, 6.07) is 44.9. The van der Waals surface area contributed by atoms with Crippen LogP contribution in [0.25, 0.3) is 94.4 Å². The van der Waals surface area contributed by atoms with Crippen LogP contribution in [0.3, 0.4) is 0 Å². The van der Waals surface area contributed by atoms with Gasteiger partial charge in [0.05, 0.1) is 10.9 Å². The zero-order chi connectivity index (χ0) is 29.5. The molecule has 0 N–H and O–H groups in total. The van der Waals surface area contributed by atoms with Crippen LogP contribution in [0.5, 0.6) is 0 Å². The number of hydrogen-bond acceptors (Lipinski definition) is 5. The second-order valence-electron chi connectivity index (χ2n) is 11.2. The van der Waals surface area contributed by atoms with Crippen molar-refractivity contribution in [1.29, 1.82) is 0 Å². The molecular formula is C39H22N4O2. The van der Waals surface area contributed by atoms with Crippen LogP contribution in [0.2, 0.25) is 0 Å². The first-order valence-electron chi connectivity index (χ1n) is 14.9. The molecule has 4 heterocycles. The van der Waals surface area contributed by atoms with Gasteiger partial charge in [0.2, 0.25) is 5.95 Å². The Balaban J connectivity index is 1.45. The smallest absolute Gasteiger partial charge is 0.238 e. The Kier molecular flexibility index (Phi) is 4.90. The number of nitrogens with zero attached hydrogens (tertiary/aromatic N) is 4. The summed E-state index contributed by atoms with van der Waals surface area (Å²) in [5, 5.41) is 6.15. The Labute approximate surface area is 255 Å². The van der Waals surface area contributed by atoms with Crippen LogP contribution in [0.4, 0.5) is 0 Å². The fraction of sp³-hybridized carbons (Fsp3) is 0. The van der Waals surface area contributed by atoms with Crippen LogP contribution in [0.15, 0.2) is 142 Å². The van der Waals surface area contributed by atoms with Gasteiger partial charge >= 0.3 is 0 Å². The number of para-hydroxylation sites is 3. The number of benzene rings is 6. The third kappa shape index (κ3) is 3.42. The topological polar surface area (TPSA) is 69.9 Å². The lowest BCUT2D eigenvalue weighted by molar-refractivity contribution is 0.664. The van der Waals surface area contributed by atoms with Gasteiger partial charge in [-0.25, -0.2) is 4.98 Å². The van der Waals surface area contributed by atoms with Gasteiger partial charge in [-0.2, -0.15) is 9.97 Å². The third-order valence-electron chi connectivity index (χ3n) is 8.65. The molecule has 6 nitrogen and oxygen atoms in total. The van der Waals surface area contributed by atoms with Crippen molar-refractivity contribution in [2.45, 2.75) is 0 Å². The summed E-state index contributed by atoms with van der Waals surface area (Å²) >= 11 is 0. The summed E-state index contributed by atoms with van der Waals surface area (Å²) in [4.78, 5) is 15.2. The molecule has 45 heavy (non-hydrogen) atoms. The molecule has 10 aromatic rings. The predicted molar refractivity (Wildman–Crippen MR) is 180 cm³/mol. The first-order chi connectivity index (χ1) is 22.3. The van der Waals surface area contributed by atoms with E-state index in [0.717, 1.165) is 76.8 Å². The van der Waals surface area contributed by atoms with Crippen LogP contribution < -0.4 is 0 Å². The van der Waals surface area contributed by atoms with Crippen LogP contribution in [0, 0.1) is 0 Å². The fourth-order valence-electron chi connectivity index (χ4n) is 6.72. The van der Waals surface area contributed by atoms with Gasteiger partial charge in [0.25, 0.3) is 0 Å². The molecular weight excluding hydrogens is 556 g/mol. The molecule has 0 aliphatic heterocycles. The lowest BCUT2D eigenvalue weighted by Gasteiger charge is -2.11. The molecule has 0 aliphatic carbocycles. The standard InChI is InChI=1S/C39H22N4O2/c1-3-13-23(14-4-1)37-40-38(24-15-5-2-6-16-24)42-39(41-37)43-28-20-10-7-17-25(28)31-32-26-18-8-11-21-29(26)44-35(32)33-27-19-9-12-22-30(27)45-36(33)34(31)43/h1-22H. The van der Waals surface area contributed by atoms with Crippen LogP contribution in [-0.2, 0) is 0 Å². The average molecular weight is 579 g/mol. The predicted octanol–water partition coefficient (Wildman–Crippen LogP) is 10.1. The summed E-state index contributed by atoms with van der Waals surface area (Å²) in [7, 11) is 0. The number of rotatable bonds is 3. The van der Waals surface area contributed by atoms with Gasteiger partial charge in [-0.05, 0) is 18.2 Å². The Morgan fingerprint density at radius 3 is 1.58 bits per heavy atom. The second kappa shape index (κ2) is 9.11. The highest BCUT2D eigenvalue weighted by Gasteiger charge is 2.27. The number of furan rings is 2. The van der Waals surface area contributed by atoms with Crippen LogP contribution in [-0.4, -0.2) is 19.5 Å². The molecule has 0 bridgehead atoms. The molecule has 0 fully saturated rings. The molecule has 0 amide bonds. The Bertz CT molecular complexity index is 2700. The van der Waals surface area contributed by atoms with Crippen molar-refractivity contribution in [3.63, 3.8) is 0 Å². The van der Waals surface area contributed by atoms with E-state index in [1.54, 1.807) is 0 Å². The second-order valence-corrected chi connectivity index (χ2v) is 11.2. The minimum absolute atomic E-state index is 0.516. The van der Waals surface area contributed by atoms with Gasteiger partial charge in [-0.3, -0.25) is 4.57 Å². The zero-order valence-corrected chi connectivity index (χ0v) is 23.8. The molecule has 0 saturated carbocycles. The van der Waals surface area contributed by atoms with Crippen molar-refractivity contribution in [2.75, 3.05) is 0 Å². The van der Waals surface area contributed by atoms with E-state index in [0.29, 0.717) is 17.6 Å². The summed E-state index contributed by atoms with van der Waals surface area (Å²) in [6.07, 6.45) is 0. The molecule has 0 aliphatic rings. The largest absolute Gasteiger partial charge is 0.455 e. The molecule has 0 radical (unpaired) electrons. The normalized spacial score (nSPS) is 12.0. The van der Waals surface area contributed by atoms with Gasteiger partial charge in [-0.1, -0.05) is 115 Å². The number of aromatic nitrogens is 4. The first-order valence-corrected chi connectivity index (χ1v) is 14.9. The van der Waals surface area contributed by atoms with E-state index in [1.165, 1.54) is 0 Å². The third-order valence-corrected chi connectivity index (χ3v) is 8.65. The van der Waals surface area contributed by atoms with Crippen molar-refractivity contribution in [3.05, 3.63) is 133 Å². The highest BCUT2D eigenvalue weighted by atomic mass is 16.3. The number of hydrogen-bond donors (Lipinski definition) is 0. The Hall–Kier alpha value is -6.27. The zero-order valence-electron chi connectivity index (χ0n) is 23.8. The fourth-order valence-corrected chi connectivity index (χ4v) is 6.72. The molecule has 6 aromatic carbocycles. The van der Waals surface area contributed by atoms with Gasteiger partial charge in [-0.15, -0.1) is 0 Å². The van der Waals surface area contributed by atoms with E-state index in [9.17, 15) is 0 Å². The van der Waals surface area contributed by atoms with Crippen molar-refractivity contribution in [1.82, 2.24) is 19.5 Å². The van der Waals surface area contributed by atoms with E-state index in [4.69, 9.17) is 23.8 Å². The average Bonchev–Trinajstić information content (AvgIpc) is 3.78. The van der Waals surface area contributed by atoms with E-state index >= 15 is 0 Å². The quantitative estimate of drug-likeness (QED) is 0.209. The SMILES string of the molecule is c1ccc(-c2nc(-c3ccccc3)nc(-n3c4ccccc4c4c5c6ccccc6oc5c5c6ccccc6oc5c43)n2)cc1. The van der Waals surface area contributed by atoms with E-state index in [1.807, 2.05) is 91.0 Å². The van der Waals surface area contributed by atoms with Crippen LogP contribution >= 0.6 is 0 Å². The maximum absolute atomic E-state index is 6.74.